The minimum absolute atomic E-state index is 0.189. The van der Waals surface area contributed by atoms with Crippen molar-refractivity contribution in [1.82, 2.24) is 9.97 Å². The van der Waals surface area contributed by atoms with Crippen molar-refractivity contribution in [1.29, 1.82) is 0 Å². The van der Waals surface area contributed by atoms with Crippen LogP contribution in [0.3, 0.4) is 0 Å². The molecule has 1 aromatic carbocycles. The van der Waals surface area contributed by atoms with Crippen LogP contribution in [0.15, 0.2) is 30.5 Å². The predicted octanol–water partition coefficient (Wildman–Crippen LogP) is 1.74. The van der Waals surface area contributed by atoms with Crippen molar-refractivity contribution in [3.63, 3.8) is 0 Å². The van der Waals surface area contributed by atoms with E-state index in [0.29, 0.717) is 0 Å². The first-order chi connectivity index (χ1) is 7.70. The molecule has 0 fully saturated rings. The van der Waals surface area contributed by atoms with E-state index >= 15 is 0 Å². The van der Waals surface area contributed by atoms with Crippen LogP contribution in [-0.2, 0) is 6.42 Å². The van der Waals surface area contributed by atoms with Crippen molar-refractivity contribution in [3.8, 4) is 11.3 Å². The summed E-state index contributed by atoms with van der Waals surface area (Å²) >= 11 is 0. The molecular formula is C12H13N3O. The number of carbonyl (C=O) groups is 1. The molecule has 1 heterocycles. The molecule has 2 rings (SSSR count). The van der Waals surface area contributed by atoms with E-state index in [1.807, 2.05) is 12.1 Å². The highest BCUT2D eigenvalue weighted by Gasteiger charge is 2.06. The number of amides is 1. The number of benzene rings is 1. The first-order valence-electron chi connectivity index (χ1n) is 5.15. The third kappa shape index (κ3) is 1.95. The van der Waals surface area contributed by atoms with E-state index in [0.717, 1.165) is 17.7 Å². The highest BCUT2D eigenvalue weighted by molar-refractivity contribution is 5.89. The van der Waals surface area contributed by atoms with Crippen LogP contribution in [0.4, 0.5) is 0 Å². The van der Waals surface area contributed by atoms with Gasteiger partial charge in [-0.3, -0.25) is 4.79 Å². The average Bonchev–Trinajstić information content (AvgIpc) is 2.78. The lowest BCUT2D eigenvalue weighted by Gasteiger charge is -1.99. The minimum Gasteiger partial charge on any atom is -0.363 e. The molecule has 0 aliphatic carbocycles. The molecule has 0 saturated carbocycles. The molecule has 16 heavy (non-hydrogen) atoms. The SMILES string of the molecule is CCc1ccc(-c2cnc(C(N)=O)[nH]2)cc1. The molecule has 4 nitrogen and oxygen atoms in total. The second-order valence-corrected chi connectivity index (χ2v) is 3.56. The number of nitrogens with two attached hydrogens (primary N) is 1. The predicted molar refractivity (Wildman–Crippen MR) is 61.9 cm³/mol. The summed E-state index contributed by atoms with van der Waals surface area (Å²) in [6, 6.07) is 8.11. The van der Waals surface area contributed by atoms with Crippen LogP contribution in [0, 0.1) is 0 Å². The standard InChI is InChI=1S/C12H13N3O/c1-2-8-3-5-9(6-4-8)10-7-14-12(15-10)11(13)16/h3-7H,2H2,1H3,(H2,13,16)(H,14,15). The Morgan fingerprint density at radius 3 is 2.56 bits per heavy atom. The number of aromatic nitrogens is 2. The zero-order chi connectivity index (χ0) is 11.5. The van der Waals surface area contributed by atoms with Crippen LogP contribution >= 0.6 is 0 Å². The van der Waals surface area contributed by atoms with Gasteiger partial charge in [-0.2, -0.15) is 0 Å². The monoisotopic (exact) mass is 215 g/mol. The summed E-state index contributed by atoms with van der Waals surface area (Å²) in [5, 5.41) is 0. The number of nitrogens with one attached hydrogen (secondary N) is 1. The molecule has 1 amide bonds. The number of hydrogen-bond acceptors (Lipinski definition) is 2. The number of rotatable bonds is 3. The second-order valence-electron chi connectivity index (χ2n) is 3.56. The number of H-pyrrole nitrogens is 1. The van der Waals surface area contributed by atoms with E-state index in [9.17, 15) is 4.79 Å². The maximum absolute atomic E-state index is 10.9. The van der Waals surface area contributed by atoms with Gasteiger partial charge < -0.3 is 10.7 Å². The number of hydrogen-bond donors (Lipinski definition) is 2. The molecule has 0 aliphatic rings. The molecule has 4 heteroatoms. The molecule has 0 aliphatic heterocycles. The quantitative estimate of drug-likeness (QED) is 0.818. The van der Waals surface area contributed by atoms with Gasteiger partial charge in [-0.25, -0.2) is 4.98 Å². The topological polar surface area (TPSA) is 71.8 Å². The van der Waals surface area contributed by atoms with Crippen molar-refractivity contribution >= 4 is 5.91 Å². The lowest BCUT2D eigenvalue weighted by atomic mass is 10.1. The zero-order valence-electron chi connectivity index (χ0n) is 9.03. The molecule has 1 aromatic heterocycles. The normalized spacial score (nSPS) is 10.3. The van der Waals surface area contributed by atoms with Gasteiger partial charge in [-0.05, 0) is 17.5 Å². The molecule has 2 aromatic rings. The number of carbonyl (C=O) groups excluding carboxylic acids is 1. The highest BCUT2D eigenvalue weighted by atomic mass is 16.1. The maximum Gasteiger partial charge on any atom is 0.284 e. The number of imidazole rings is 1. The van der Waals surface area contributed by atoms with Crippen molar-refractivity contribution < 1.29 is 4.79 Å². The van der Waals surface area contributed by atoms with E-state index < -0.39 is 5.91 Å². The van der Waals surface area contributed by atoms with Gasteiger partial charge in [0.05, 0.1) is 11.9 Å². The van der Waals surface area contributed by atoms with Crippen molar-refractivity contribution in [3.05, 3.63) is 41.9 Å². The molecule has 0 radical (unpaired) electrons. The number of primary amides is 1. The van der Waals surface area contributed by atoms with Gasteiger partial charge in [0, 0.05) is 0 Å². The molecular weight excluding hydrogens is 202 g/mol. The van der Waals surface area contributed by atoms with Gasteiger partial charge in [-0.15, -0.1) is 0 Å². The fourth-order valence-electron chi connectivity index (χ4n) is 1.51. The van der Waals surface area contributed by atoms with E-state index in [-0.39, 0.29) is 5.82 Å². The molecule has 0 atom stereocenters. The Hall–Kier alpha value is -2.10. The smallest absolute Gasteiger partial charge is 0.284 e. The number of aromatic amines is 1. The van der Waals surface area contributed by atoms with Crippen molar-refractivity contribution in [2.24, 2.45) is 5.73 Å². The Morgan fingerprint density at radius 2 is 2.06 bits per heavy atom. The average molecular weight is 215 g/mol. The molecule has 0 saturated heterocycles. The molecule has 0 unspecified atom stereocenters. The zero-order valence-corrected chi connectivity index (χ0v) is 9.03. The van der Waals surface area contributed by atoms with Crippen LogP contribution in [0.5, 0.6) is 0 Å². The summed E-state index contributed by atoms with van der Waals surface area (Å²) in [6.07, 6.45) is 2.62. The van der Waals surface area contributed by atoms with Crippen molar-refractivity contribution in [2.45, 2.75) is 13.3 Å². The van der Waals surface area contributed by atoms with Crippen LogP contribution < -0.4 is 5.73 Å². The van der Waals surface area contributed by atoms with Crippen LogP contribution in [0.25, 0.3) is 11.3 Å². The van der Waals surface area contributed by atoms with E-state index in [4.69, 9.17) is 5.73 Å². The Balaban J connectivity index is 2.31. The van der Waals surface area contributed by atoms with Gasteiger partial charge >= 0.3 is 0 Å². The Labute approximate surface area is 93.5 Å². The van der Waals surface area contributed by atoms with E-state index in [1.54, 1.807) is 6.20 Å². The Bertz CT molecular complexity index is 499. The number of aryl methyl sites for hydroxylation is 1. The van der Waals surface area contributed by atoms with Gasteiger partial charge in [0.25, 0.3) is 5.91 Å². The van der Waals surface area contributed by atoms with Gasteiger partial charge in [-0.1, -0.05) is 31.2 Å². The third-order valence-electron chi connectivity index (χ3n) is 2.48. The fraction of sp³-hybridized carbons (Fsp3) is 0.167. The van der Waals surface area contributed by atoms with E-state index in [2.05, 4.69) is 29.0 Å². The van der Waals surface area contributed by atoms with Crippen LogP contribution in [-0.4, -0.2) is 15.9 Å². The highest BCUT2D eigenvalue weighted by Crippen LogP contribution is 2.17. The first kappa shape index (κ1) is 10.4. The summed E-state index contributed by atoms with van der Waals surface area (Å²) in [7, 11) is 0. The third-order valence-corrected chi connectivity index (χ3v) is 2.48. The molecule has 82 valence electrons. The Morgan fingerprint density at radius 1 is 1.38 bits per heavy atom. The first-order valence-corrected chi connectivity index (χ1v) is 5.15. The van der Waals surface area contributed by atoms with Crippen molar-refractivity contribution in [2.75, 3.05) is 0 Å². The van der Waals surface area contributed by atoms with Gasteiger partial charge in [0.15, 0.2) is 5.82 Å². The largest absolute Gasteiger partial charge is 0.363 e. The Kier molecular flexibility index (Phi) is 2.72. The second kappa shape index (κ2) is 4.18. The lowest BCUT2D eigenvalue weighted by molar-refractivity contribution is 0.0991. The lowest BCUT2D eigenvalue weighted by Crippen LogP contribution is -2.12. The van der Waals surface area contributed by atoms with Crippen LogP contribution in [0.2, 0.25) is 0 Å². The van der Waals surface area contributed by atoms with Gasteiger partial charge in [0.1, 0.15) is 0 Å². The summed E-state index contributed by atoms with van der Waals surface area (Å²) in [4.78, 5) is 17.7. The summed E-state index contributed by atoms with van der Waals surface area (Å²) in [5.74, 6) is -0.356. The molecule has 3 N–H and O–H groups in total. The van der Waals surface area contributed by atoms with Crippen LogP contribution in [0.1, 0.15) is 23.1 Å². The maximum atomic E-state index is 10.9. The fourth-order valence-corrected chi connectivity index (χ4v) is 1.51. The summed E-state index contributed by atoms with van der Waals surface area (Å²) < 4.78 is 0. The minimum atomic E-state index is -0.545. The molecule has 0 bridgehead atoms. The number of nitrogens with zero attached hydrogens (tertiary/aromatic N) is 1. The summed E-state index contributed by atoms with van der Waals surface area (Å²) in [5.41, 5.74) is 8.19. The van der Waals surface area contributed by atoms with E-state index in [1.165, 1.54) is 5.56 Å². The summed E-state index contributed by atoms with van der Waals surface area (Å²) in [6.45, 7) is 2.11. The van der Waals surface area contributed by atoms with Gasteiger partial charge in [0.2, 0.25) is 0 Å². The molecule has 0 spiro atoms.